The summed E-state index contributed by atoms with van der Waals surface area (Å²) in [7, 11) is 3.46. The molecule has 2 aromatic carbocycles. The molecule has 0 aromatic heterocycles. The van der Waals surface area contributed by atoms with Gasteiger partial charge in [-0.1, -0.05) is 24.3 Å². The van der Waals surface area contributed by atoms with E-state index >= 15 is 0 Å². The largest absolute Gasteiger partial charge is 0.497 e. The fraction of sp³-hybridized carbons (Fsp3) is 0.188. The molecule has 0 aliphatic rings. The van der Waals surface area contributed by atoms with Gasteiger partial charge in [0.15, 0.2) is 0 Å². The van der Waals surface area contributed by atoms with E-state index in [0.717, 1.165) is 20.4 Å². The van der Waals surface area contributed by atoms with Crippen LogP contribution in [-0.2, 0) is 6.54 Å². The van der Waals surface area contributed by atoms with Crippen LogP contribution < -0.4 is 4.74 Å². The average molecular weight is 381 g/mol. The number of halogens is 1. The fourth-order valence-electron chi connectivity index (χ4n) is 1.92. The lowest BCUT2D eigenvalue weighted by molar-refractivity contribution is 0.0784. The van der Waals surface area contributed by atoms with Crippen molar-refractivity contribution in [3.63, 3.8) is 0 Å². The summed E-state index contributed by atoms with van der Waals surface area (Å²) < 4.78 is 6.09. The predicted molar refractivity (Wildman–Crippen MR) is 88.0 cm³/mol. The molecule has 0 fully saturated rings. The van der Waals surface area contributed by atoms with E-state index in [9.17, 15) is 4.79 Å². The highest BCUT2D eigenvalue weighted by Gasteiger charge is 2.14. The molecule has 0 atom stereocenters. The summed E-state index contributed by atoms with van der Waals surface area (Å²) in [5, 5.41) is 0. The number of hydrogen-bond donors (Lipinski definition) is 0. The molecule has 0 bridgehead atoms. The Morgan fingerprint density at radius 2 is 1.80 bits per heavy atom. The van der Waals surface area contributed by atoms with Crippen LogP contribution >= 0.6 is 22.6 Å². The second-order valence-corrected chi connectivity index (χ2v) is 5.65. The highest BCUT2D eigenvalue weighted by atomic mass is 127. The van der Waals surface area contributed by atoms with E-state index in [1.807, 2.05) is 55.6 Å². The third-order valence-corrected chi connectivity index (χ3v) is 3.97. The van der Waals surface area contributed by atoms with Crippen molar-refractivity contribution in [2.24, 2.45) is 0 Å². The molecular formula is C16H16INO2. The molecule has 0 saturated carbocycles. The van der Waals surface area contributed by atoms with Crippen LogP contribution in [0.15, 0.2) is 48.5 Å². The fourth-order valence-corrected chi connectivity index (χ4v) is 2.53. The summed E-state index contributed by atoms with van der Waals surface area (Å²) in [4.78, 5) is 14.1. The second-order valence-electron chi connectivity index (χ2n) is 4.49. The minimum atomic E-state index is 0.0332. The standard InChI is InChI=1S/C16H16INO2/c1-18(11-12-7-9-13(20-2)10-8-12)16(19)14-5-3-4-6-15(14)17/h3-10H,11H2,1-2H3. The first-order valence-corrected chi connectivity index (χ1v) is 7.32. The van der Waals surface area contributed by atoms with Crippen LogP contribution in [0.2, 0.25) is 0 Å². The number of ether oxygens (including phenoxy) is 1. The smallest absolute Gasteiger partial charge is 0.254 e. The Bertz CT molecular complexity index is 596. The summed E-state index contributed by atoms with van der Waals surface area (Å²) in [6.45, 7) is 0.577. The Hall–Kier alpha value is -1.56. The van der Waals surface area contributed by atoms with Gasteiger partial charge in [-0.25, -0.2) is 0 Å². The van der Waals surface area contributed by atoms with Crippen LogP contribution in [0.3, 0.4) is 0 Å². The third kappa shape index (κ3) is 3.50. The van der Waals surface area contributed by atoms with Gasteiger partial charge in [0.2, 0.25) is 0 Å². The Morgan fingerprint density at radius 1 is 1.15 bits per heavy atom. The molecular weight excluding hydrogens is 365 g/mol. The predicted octanol–water partition coefficient (Wildman–Crippen LogP) is 3.57. The molecule has 0 radical (unpaired) electrons. The summed E-state index contributed by atoms with van der Waals surface area (Å²) in [5.74, 6) is 0.853. The minimum absolute atomic E-state index is 0.0332. The molecule has 0 heterocycles. The molecule has 3 nitrogen and oxygen atoms in total. The molecule has 4 heteroatoms. The second kappa shape index (κ2) is 6.74. The van der Waals surface area contributed by atoms with Gasteiger partial charge >= 0.3 is 0 Å². The first-order valence-electron chi connectivity index (χ1n) is 6.24. The SMILES string of the molecule is COc1ccc(CN(C)C(=O)c2ccccc2I)cc1. The molecule has 0 unspecified atom stereocenters. The zero-order valence-corrected chi connectivity index (χ0v) is 13.6. The molecule has 2 rings (SSSR count). The van der Waals surface area contributed by atoms with Gasteiger partial charge in [-0.3, -0.25) is 4.79 Å². The highest BCUT2D eigenvalue weighted by Crippen LogP contribution is 2.16. The van der Waals surface area contributed by atoms with E-state index in [0.29, 0.717) is 6.54 Å². The molecule has 0 spiro atoms. The molecule has 104 valence electrons. The van der Waals surface area contributed by atoms with E-state index in [-0.39, 0.29) is 5.91 Å². The van der Waals surface area contributed by atoms with Crippen molar-refractivity contribution in [2.75, 3.05) is 14.2 Å². The molecule has 2 aromatic rings. The first kappa shape index (κ1) is 14.8. The molecule has 20 heavy (non-hydrogen) atoms. The van der Waals surface area contributed by atoms with Crippen molar-refractivity contribution in [3.8, 4) is 5.75 Å². The minimum Gasteiger partial charge on any atom is -0.497 e. The van der Waals surface area contributed by atoms with Crippen molar-refractivity contribution in [1.29, 1.82) is 0 Å². The van der Waals surface area contributed by atoms with Crippen molar-refractivity contribution in [3.05, 3.63) is 63.2 Å². The number of amides is 1. The highest BCUT2D eigenvalue weighted by molar-refractivity contribution is 14.1. The number of carbonyl (C=O) groups is 1. The maximum atomic E-state index is 12.4. The van der Waals surface area contributed by atoms with Gasteiger partial charge in [0.05, 0.1) is 12.7 Å². The Morgan fingerprint density at radius 3 is 2.40 bits per heavy atom. The number of methoxy groups -OCH3 is 1. The Balaban J connectivity index is 2.09. The van der Waals surface area contributed by atoms with Gasteiger partial charge in [-0.05, 0) is 52.4 Å². The topological polar surface area (TPSA) is 29.5 Å². The number of rotatable bonds is 4. The molecule has 1 amide bonds. The van der Waals surface area contributed by atoms with Crippen molar-refractivity contribution in [1.82, 2.24) is 4.90 Å². The molecule has 0 aliphatic carbocycles. The van der Waals surface area contributed by atoms with Gasteiger partial charge in [-0.15, -0.1) is 0 Å². The lowest BCUT2D eigenvalue weighted by atomic mass is 10.1. The quantitative estimate of drug-likeness (QED) is 0.758. The van der Waals surface area contributed by atoms with Crippen molar-refractivity contribution in [2.45, 2.75) is 6.54 Å². The normalized spacial score (nSPS) is 10.2. The lowest BCUT2D eigenvalue weighted by Crippen LogP contribution is -2.26. The van der Waals surface area contributed by atoms with Crippen LogP contribution in [0.5, 0.6) is 5.75 Å². The Kier molecular flexibility index (Phi) is 5.00. The lowest BCUT2D eigenvalue weighted by Gasteiger charge is -2.18. The summed E-state index contributed by atoms with van der Waals surface area (Å²) in [6.07, 6.45) is 0. The molecule has 0 aliphatic heterocycles. The Labute approximate surface area is 132 Å². The molecule has 0 N–H and O–H groups in total. The van der Waals surface area contributed by atoms with Gasteiger partial charge < -0.3 is 9.64 Å². The first-order chi connectivity index (χ1) is 9.61. The van der Waals surface area contributed by atoms with Gasteiger partial charge in [0.25, 0.3) is 5.91 Å². The molecule has 0 saturated heterocycles. The van der Waals surface area contributed by atoms with E-state index in [1.165, 1.54) is 0 Å². The summed E-state index contributed by atoms with van der Waals surface area (Å²) >= 11 is 2.19. The number of carbonyl (C=O) groups excluding carboxylic acids is 1. The van der Waals surface area contributed by atoms with Crippen LogP contribution in [-0.4, -0.2) is 25.0 Å². The van der Waals surface area contributed by atoms with E-state index < -0.39 is 0 Å². The zero-order chi connectivity index (χ0) is 14.5. The number of nitrogens with zero attached hydrogens (tertiary/aromatic N) is 1. The van der Waals surface area contributed by atoms with Crippen LogP contribution in [0.25, 0.3) is 0 Å². The average Bonchev–Trinajstić information content (AvgIpc) is 2.48. The van der Waals surface area contributed by atoms with Gasteiger partial charge in [0.1, 0.15) is 5.75 Å². The van der Waals surface area contributed by atoms with E-state index in [1.54, 1.807) is 12.0 Å². The van der Waals surface area contributed by atoms with Gasteiger partial charge in [-0.2, -0.15) is 0 Å². The number of hydrogen-bond acceptors (Lipinski definition) is 2. The van der Waals surface area contributed by atoms with Gasteiger partial charge in [0, 0.05) is 17.2 Å². The van der Waals surface area contributed by atoms with Crippen molar-refractivity contribution >= 4 is 28.5 Å². The summed E-state index contributed by atoms with van der Waals surface area (Å²) in [5.41, 5.74) is 1.82. The zero-order valence-electron chi connectivity index (χ0n) is 11.5. The monoisotopic (exact) mass is 381 g/mol. The van der Waals surface area contributed by atoms with E-state index in [2.05, 4.69) is 22.6 Å². The maximum Gasteiger partial charge on any atom is 0.254 e. The van der Waals surface area contributed by atoms with Crippen LogP contribution in [0, 0.1) is 3.57 Å². The van der Waals surface area contributed by atoms with Crippen molar-refractivity contribution < 1.29 is 9.53 Å². The maximum absolute atomic E-state index is 12.4. The summed E-state index contributed by atoms with van der Waals surface area (Å²) in [6, 6.07) is 15.4. The van der Waals surface area contributed by atoms with E-state index in [4.69, 9.17) is 4.74 Å². The number of benzene rings is 2. The van der Waals surface area contributed by atoms with Crippen LogP contribution in [0.1, 0.15) is 15.9 Å². The van der Waals surface area contributed by atoms with Crippen LogP contribution in [0.4, 0.5) is 0 Å². The third-order valence-electron chi connectivity index (χ3n) is 3.03.